The number of fused-ring (bicyclic) bond motifs is 1. The van der Waals surface area contributed by atoms with Gasteiger partial charge in [0.05, 0.1) is 22.3 Å². The zero-order valence-electron chi connectivity index (χ0n) is 36.1. The van der Waals surface area contributed by atoms with Crippen molar-refractivity contribution in [1.82, 2.24) is 14.5 Å². The van der Waals surface area contributed by atoms with Crippen molar-refractivity contribution in [3.05, 3.63) is 204 Å². The van der Waals surface area contributed by atoms with E-state index in [1.165, 1.54) is 16.7 Å². The second-order valence-corrected chi connectivity index (χ2v) is 18.0. The molecule has 7 aromatic carbocycles. The molecule has 0 amide bonds. The Bertz CT molecular complexity index is 3010. The molecule has 0 bridgehead atoms. The van der Waals surface area contributed by atoms with Crippen LogP contribution in [0.2, 0.25) is 0 Å². The van der Waals surface area contributed by atoms with Gasteiger partial charge in [-0.3, -0.25) is 9.55 Å². The average molecular weight is 988 g/mol. The van der Waals surface area contributed by atoms with E-state index >= 15 is 0 Å². The number of nitrogens with zero attached hydrogens (tertiary/aromatic N) is 3. The van der Waals surface area contributed by atoms with Gasteiger partial charge in [0.15, 0.2) is 0 Å². The molecule has 0 saturated carbocycles. The average Bonchev–Trinajstić information content (AvgIpc) is 3.66. The Morgan fingerprint density at radius 2 is 1.13 bits per heavy atom. The smallest absolute Gasteiger partial charge is 0.148 e. The first-order valence-electron chi connectivity index (χ1n) is 21.1. The fourth-order valence-electron chi connectivity index (χ4n) is 8.45. The summed E-state index contributed by atoms with van der Waals surface area (Å²) in [5.74, 6) is 0.927. The monoisotopic (exact) mass is 987 g/mol. The zero-order chi connectivity index (χ0) is 42.3. The van der Waals surface area contributed by atoms with E-state index in [-0.39, 0.29) is 37.6 Å². The number of aromatic nitrogens is 3. The first-order chi connectivity index (χ1) is 29.4. The number of para-hydroxylation sites is 2. The van der Waals surface area contributed by atoms with Crippen LogP contribution in [0.25, 0.3) is 72.7 Å². The van der Waals surface area contributed by atoms with E-state index in [0.717, 1.165) is 73.3 Å². The Morgan fingerprint density at radius 3 is 1.79 bits per heavy atom. The van der Waals surface area contributed by atoms with Gasteiger partial charge >= 0.3 is 0 Å². The van der Waals surface area contributed by atoms with Crippen molar-refractivity contribution in [2.24, 2.45) is 0 Å². The molecular weight excluding hydrogens is 938 g/mol. The summed E-state index contributed by atoms with van der Waals surface area (Å²) in [5, 5.41) is 12.2. The molecular formula is C57H50N3OPt-. The first kappa shape index (κ1) is 42.3. The number of hydrogen-bond donors (Lipinski definition) is 1. The predicted molar refractivity (Wildman–Crippen MR) is 253 cm³/mol. The molecule has 0 aliphatic carbocycles. The third-order valence-electron chi connectivity index (χ3n) is 11.5. The standard InChI is InChI=1S/C57H50N3O.Pt/c1-56(2,3)48-26-16-25-47(54(48)61)55-59-53-46(24-17-27-52(53)60(55)51-29-28-42(36-49(51)57(4,5)6)40-20-12-8-13-21-40)44-33-39(32-38-18-10-7-11-19-38)34-45(35-44)50-37-43(30-31-58-50)41-22-14-9-15-23-41;/h7-31,33-34,36-37,61H,32H2,1-6H3;/q-1;. The van der Waals surface area contributed by atoms with Gasteiger partial charge in [-0.2, -0.15) is 0 Å². The Labute approximate surface area is 380 Å². The number of phenols is 1. The van der Waals surface area contributed by atoms with Crippen LogP contribution in [0.1, 0.15) is 63.8 Å². The van der Waals surface area contributed by atoms with Crippen molar-refractivity contribution in [2.75, 3.05) is 0 Å². The van der Waals surface area contributed by atoms with Gasteiger partial charge in [0, 0.05) is 33.0 Å². The second-order valence-electron chi connectivity index (χ2n) is 18.0. The van der Waals surface area contributed by atoms with E-state index in [2.05, 4.69) is 198 Å². The minimum absolute atomic E-state index is 0. The van der Waals surface area contributed by atoms with Crippen molar-refractivity contribution in [3.8, 4) is 67.5 Å². The quantitative estimate of drug-likeness (QED) is 0.154. The Kier molecular flexibility index (Phi) is 11.7. The predicted octanol–water partition coefficient (Wildman–Crippen LogP) is 14.4. The Balaban J connectivity index is 0.00000529. The van der Waals surface area contributed by atoms with E-state index < -0.39 is 0 Å². The largest absolute Gasteiger partial charge is 0.507 e. The normalized spacial score (nSPS) is 11.7. The molecule has 0 atom stereocenters. The summed E-state index contributed by atoms with van der Waals surface area (Å²) in [4.78, 5) is 10.5. The van der Waals surface area contributed by atoms with Crippen LogP contribution >= 0.6 is 0 Å². The molecule has 5 heteroatoms. The number of benzene rings is 7. The molecule has 2 heterocycles. The van der Waals surface area contributed by atoms with Crippen LogP contribution in [0.3, 0.4) is 0 Å². The fraction of sp³-hybridized carbons (Fsp3) is 0.158. The van der Waals surface area contributed by atoms with E-state index in [9.17, 15) is 5.11 Å². The molecule has 0 aliphatic rings. The van der Waals surface area contributed by atoms with E-state index in [1.807, 2.05) is 30.5 Å². The van der Waals surface area contributed by atoms with Crippen molar-refractivity contribution in [2.45, 2.75) is 58.8 Å². The van der Waals surface area contributed by atoms with Crippen molar-refractivity contribution < 1.29 is 26.2 Å². The van der Waals surface area contributed by atoms with Crippen LogP contribution in [0, 0.1) is 6.07 Å². The van der Waals surface area contributed by atoms with Gasteiger partial charge in [-0.1, -0.05) is 180 Å². The molecule has 1 N–H and O–H groups in total. The Hall–Kier alpha value is -6.35. The van der Waals surface area contributed by atoms with Crippen LogP contribution in [0.15, 0.2) is 176 Å². The SMILES string of the molecule is CC(C)(C)c1cc(-c2ccccc2)ccc1-n1c(-c2cccc(C(C)(C)C)c2O)nc2c(-c3[c-]c(-c4cc(-c5ccccc5)ccn4)cc(Cc4ccccc4)c3)cccc21.[Pt]. The van der Waals surface area contributed by atoms with Gasteiger partial charge in [-0.05, 0) is 86.5 Å². The molecule has 2 aromatic heterocycles. The maximum atomic E-state index is 12.2. The van der Waals surface area contributed by atoms with E-state index in [4.69, 9.17) is 9.97 Å². The van der Waals surface area contributed by atoms with Gasteiger partial charge in [-0.25, -0.2) is 4.98 Å². The van der Waals surface area contributed by atoms with E-state index in [0.29, 0.717) is 11.4 Å². The van der Waals surface area contributed by atoms with E-state index in [1.54, 1.807) is 0 Å². The summed E-state index contributed by atoms with van der Waals surface area (Å²) < 4.78 is 2.26. The van der Waals surface area contributed by atoms with Crippen LogP contribution in [-0.4, -0.2) is 19.6 Å². The summed E-state index contributed by atoms with van der Waals surface area (Å²) >= 11 is 0. The van der Waals surface area contributed by atoms with Crippen molar-refractivity contribution in [1.29, 1.82) is 0 Å². The molecule has 0 fully saturated rings. The van der Waals surface area contributed by atoms with Gasteiger partial charge in [0.25, 0.3) is 0 Å². The number of imidazole rings is 1. The number of aromatic hydroxyl groups is 1. The number of rotatable bonds is 8. The number of pyridine rings is 1. The number of hydrogen-bond acceptors (Lipinski definition) is 3. The molecule has 310 valence electrons. The third kappa shape index (κ3) is 8.45. The summed E-state index contributed by atoms with van der Waals surface area (Å²) in [6, 6.07) is 63.3. The molecule has 0 spiro atoms. The zero-order valence-corrected chi connectivity index (χ0v) is 38.3. The van der Waals surface area contributed by atoms with Gasteiger partial charge in [0.1, 0.15) is 11.6 Å². The van der Waals surface area contributed by atoms with Crippen LogP contribution in [0.5, 0.6) is 5.75 Å². The molecule has 0 unspecified atom stereocenters. The second kappa shape index (κ2) is 17.2. The molecule has 4 nitrogen and oxygen atoms in total. The van der Waals surface area contributed by atoms with Crippen LogP contribution in [-0.2, 0) is 38.3 Å². The third-order valence-corrected chi connectivity index (χ3v) is 11.5. The Morgan fingerprint density at radius 1 is 0.532 bits per heavy atom. The minimum atomic E-state index is -0.285. The van der Waals surface area contributed by atoms with Gasteiger partial charge < -0.3 is 5.11 Å². The van der Waals surface area contributed by atoms with Crippen LogP contribution < -0.4 is 0 Å². The van der Waals surface area contributed by atoms with Gasteiger partial charge in [0.2, 0.25) is 0 Å². The topological polar surface area (TPSA) is 50.9 Å². The molecule has 62 heavy (non-hydrogen) atoms. The molecule has 9 rings (SSSR count). The molecule has 9 aromatic rings. The maximum Gasteiger partial charge on any atom is 0.148 e. The molecule has 0 radical (unpaired) electrons. The molecule has 0 aliphatic heterocycles. The van der Waals surface area contributed by atoms with Gasteiger partial charge in [-0.15, -0.1) is 29.3 Å². The summed E-state index contributed by atoms with van der Waals surface area (Å²) in [6.07, 6.45) is 2.64. The fourth-order valence-corrected chi connectivity index (χ4v) is 8.45. The first-order valence-corrected chi connectivity index (χ1v) is 21.1. The summed E-state index contributed by atoms with van der Waals surface area (Å²) in [5.41, 5.74) is 15.6. The van der Waals surface area contributed by atoms with Crippen LogP contribution in [0.4, 0.5) is 0 Å². The number of phenolic OH excluding ortho intramolecular Hbond substituents is 1. The summed E-state index contributed by atoms with van der Waals surface area (Å²) in [7, 11) is 0. The molecule has 0 saturated heterocycles. The van der Waals surface area contributed by atoms with Crippen molar-refractivity contribution >= 4 is 11.0 Å². The van der Waals surface area contributed by atoms with Crippen molar-refractivity contribution in [3.63, 3.8) is 0 Å². The summed E-state index contributed by atoms with van der Waals surface area (Å²) in [6.45, 7) is 13.2. The minimum Gasteiger partial charge on any atom is -0.507 e. The maximum absolute atomic E-state index is 12.2.